The number of carbonyl (C=O) groups excluding carboxylic acids is 1. The zero-order valence-electron chi connectivity index (χ0n) is 15.8. The molecule has 4 nitrogen and oxygen atoms in total. The van der Waals surface area contributed by atoms with Gasteiger partial charge >= 0.3 is 0 Å². The van der Waals surface area contributed by atoms with Crippen LogP contribution >= 0.6 is 11.3 Å². The largest absolute Gasteiger partial charge is 0.496 e. The Kier molecular flexibility index (Phi) is 3.46. The standard InChI is InChI=1S/C22H26N2O2S/c1-26-16-5-4-15-12-17(27-19(15)18(16)13-2-3-13)21(25)23-20-14-6-10-24(11-7-14)22(20)8-9-22/h4-5,12-14,20H,2-3,6-11H2,1H3,(H,23,25)/t20-/m0/s1. The Morgan fingerprint density at radius 2 is 2.00 bits per heavy atom. The summed E-state index contributed by atoms with van der Waals surface area (Å²) in [7, 11) is 1.75. The molecular weight excluding hydrogens is 356 g/mol. The van der Waals surface area contributed by atoms with Crippen molar-refractivity contribution in [2.45, 2.75) is 56.0 Å². The van der Waals surface area contributed by atoms with E-state index < -0.39 is 0 Å². The molecule has 1 aromatic heterocycles. The van der Waals surface area contributed by atoms with E-state index in [-0.39, 0.29) is 11.4 Å². The van der Waals surface area contributed by atoms with Crippen LogP contribution in [0.5, 0.6) is 5.75 Å². The Labute approximate surface area is 163 Å². The van der Waals surface area contributed by atoms with Crippen molar-refractivity contribution in [3.63, 3.8) is 0 Å². The number of hydrogen-bond acceptors (Lipinski definition) is 4. The molecule has 2 saturated carbocycles. The smallest absolute Gasteiger partial charge is 0.261 e. The van der Waals surface area contributed by atoms with Gasteiger partial charge in [-0.25, -0.2) is 0 Å². The number of amides is 1. The molecule has 142 valence electrons. The fourth-order valence-corrected chi connectivity index (χ4v) is 6.87. The third kappa shape index (κ3) is 2.40. The summed E-state index contributed by atoms with van der Waals surface area (Å²) >= 11 is 1.65. The van der Waals surface area contributed by atoms with E-state index in [4.69, 9.17) is 4.74 Å². The number of piperidine rings is 3. The molecule has 5 aliphatic rings. The van der Waals surface area contributed by atoms with Crippen molar-refractivity contribution < 1.29 is 9.53 Å². The second kappa shape index (κ2) is 5.71. The lowest BCUT2D eigenvalue weighted by Crippen LogP contribution is -2.65. The number of fused-ring (bicyclic) bond motifs is 3. The summed E-state index contributed by atoms with van der Waals surface area (Å²) in [5.41, 5.74) is 1.61. The molecule has 0 unspecified atom stereocenters. The maximum Gasteiger partial charge on any atom is 0.261 e. The van der Waals surface area contributed by atoms with E-state index in [1.165, 1.54) is 67.3 Å². The summed E-state index contributed by atoms with van der Waals surface area (Å²) in [4.78, 5) is 16.7. The van der Waals surface area contributed by atoms with Gasteiger partial charge in [-0.1, -0.05) is 0 Å². The predicted molar refractivity (Wildman–Crippen MR) is 108 cm³/mol. The zero-order valence-corrected chi connectivity index (χ0v) is 16.6. The van der Waals surface area contributed by atoms with Crippen LogP contribution < -0.4 is 10.1 Å². The van der Waals surface area contributed by atoms with Crippen molar-refractivity contribution in [3.8, 4) is 5.75 Å². The SMILES string of the molecule is COc1ccc2cc(C(=O)N[C@H]3C4CCN(CC4)C34CC4)sc2c1C1CC1. The topological polar surface area (TPSA) is 41.6 Å². The summed E-state index contributed by atoms with van der Waals surface area (Å²) in [5, 5.41) is 4.66. The lowest BCUT2D eigenvalue weighted by Gasteiger charge is -2.52. The number of ether oxygens (including phenoxy) is 1. The van der Waals surface area contributed by atoms with Gasteiger partial charge in [-0.15, -0.1) is 11.3 Å². The van der Waals surface area contributed by atoms with Crippen LogP contribution in [0.15, 0.2) is 18.2 Å². The molecule has 2 aliphatic carbocycles. The number of nitrogens with one attached hydrogen (secondary N) is 1. The molecule has 4 heterocycles. The molecule has 1 aromatic carbocycles. The highest BCUT2D eigenvalue weighted by Gasteiger charge is 2.60. The highest BCUT2D eigenvalue weighted by Crippen LogP contribution is 2.54. The van der Waals surface area contributed by atoms with E-state index in [2.05, 4.69) is 28.4 Å². The summed E-state index contributed by atoms with van der Waals surface area (Å²) in [6.07, 6.45) is 7.45. The predicted octanol–water partition coefficient (Wildman–Crippen LogP) is 4.14. The molecule has 1 N–H and O–H groups in total. The van der Waals surface area contributed by atoms with Gasteiger partial charge < -0.3 is 10.1 Å². The number of thiophene rings is 1. The van der Waals surface area contributed by atoms with E-state index in [0.29, 0.717) is 17.9 Å². The maximum atomic E-state index is 13.2. The van der Waals surface area contributed by atoms with Gasteiger partial charge in [0.15, 0.2) is 0 Å². The fourth-order valence-electron chi connectivity index (χ4n) is 5.69. The van der Waals surface area contributed by atoms with Crippen LogP contribution in [-0.4, -0.2) is 42.6 Å². The summed E-state index contributed by atoms with van der Waals surface area (Å²) in [6.45, 7) is 2.45. The third-order valence-corrected chi connectivity index (χ3v) is 8.57. The number of carbonyl (C=O) groups is 1. The Bertz CT molecular complexity index is 920. The molecule has 2 bridgehead atoms. The quantitative estimate of drug-likeness (QED) is 0.864. The van der Waals surface area contributed by atoms with Gasteiger partial charge in [0.05, 0.1) is 18.0 Å². The van der Waals surface area contributed by atoms with Crippen molar-refractivity contribution in [1.29, 1.82) is 0 Å². The van der Waals surface area contributed by atoms with Gasteiger partial charge in [-0.05, 0) is 87.0 Å². The molecule has 1 amide bonds. The molecule has 27 heavy (non-hydrogen) atoms. The Morgan fingerprint density at radius 3 is 2.67 bits per heavy atom. The van der Waals surface area contributed by atoms with Crippen molar-refractivity contribution >= 4 is 27.3 Å². The van der Waals surface area contributed by atoms with Crippen LogP contribution in [-0.2, 0) is 0 Å². The molecule has 5 fully saturated rings. The van der Waals surface area contributed by atoms with Crippen molar-refractivity contribution in [3.05, 3.63) is 28.6 Å². The second-order valence-corrected chi connectivity index (χ2v) is 9.92. The zero-order chi connectivity index (χ0) is 18.2. The molecule has 2 aromatic rings. The number of hydrogen-bond donors (Lipinski definition) is 1. The van der Waals surface area contributed by atoms with Crippen LogP contribution in [0.4, 0.5) is 0 Å². The van der Waals surface area contributed by atoms with E-state index in [9.17, 15) is 4.79 Å². The number of rotatable bonds is 4. The van der Waals surface area contributed by atoms with E-state index in [0.717, 1.165) is 10.6 Å². The minimum atomic E-state index is 0.127. The van der Waals surface area contributed by atoms with E-state index >= 15 is 0 Å². The van der Waals surface area contributed by atoms with Crippen molar-refractivity contribution in [2.24, 2.45) is 5.92 Å². The first-order valence-corrected chi connectivity index (χ1v) is 11.2. The van der Waals surface area contributed by atoms with Gasteiger partial charge in [0.2, 0.25) is 0 Å². The van der Waals surface area contributed by atoms with Crippen LogP contribution in [0.1, 0.15) is 59.7 Å². The highest BCUT2D eigenvalue weighted by molar-refractivity contribution is 7.21. The van der Waals surface area contributed by atoms with Crippen LogP contribution in [0, 0.1) is 5.92 Å². The van der Waals surface area contributed by atoms with Crippen LogP contribution in [0.3, 0.4) is 0 Å². The Hall–Kier alpha value is -1.59. The van der Waals surface area contributed by atoms with Crippen LogP contribution in [0.2, 0.25) is 0 Å². The second-order valence-electron chi connectivity index (χ2n) is 8.86. The number of nitrogens with zero attached hydrogens (tertiary/aromatic N) is 1. The third-order valence-electron chi connectivity index (χ3n) is 7.38. The van der Waals surface area contributed by atoms with Crippen molar-refractivity contribution in [1.82, 2.24) is 10.2 Å². The average molecular weight is 383 g/mol. The average Bonchev–Trinajstić information content (AvgIpc) is 3.62. The van der Waals surface area contributed by atoms with Gasteiger partial charge in [0, 0.05) is 15.8 Å². The monoisotopic (exact) mass is 382 g/mol. The van der Waals surface area contributed by atoms with Gasteiger partial charge in [-0.3, -0.25) is 9.69 Å². The van der Waals surface area contributed by atoms with E-state index in [1.807, 2.05) is 0 Å². The summed E-state index contributed by atoms with van der Waals surface area (Å²) < 4.78 is 6.86. The summed E-state index contributed by atoms with van der Waals surface area (Å²) in [5.74, 6) is 2.38. The first kappa shape index (κ1) is 16.4. The van der Waals surface area contributed by atoms with Crippen molar-refractivity contribution in [2.75, 3.05) is 20.2 Å². The lowest BCUT2D eigenvalue weighted by atomic mass is 9.77. The first-order valence-electron chi connectivity index (χ1n) is 10.4. The fraction of sp³-hybridized carbons (Fsp3) is 0.591. The molecule has 7 rings (SSSR count). The minimum Gasteiger partial charge on any atom is -0.496 e. The maximum absolute atomic E-state index is 13.2. The summed E-state index contributed by atoms with van der Waals surface area (Å²) in [6, 6.07) is 6.60. The normalized spacial score (nSPS) is 30.6. The molecule has 3 aliphatic heterocycles. The minimum absolute atomic E-state index is 0.127. The van der Waals surface area contributed by atoms with Gasteiger partial charge in [-0.2, -0.15) is 0 Å². The molecular formula is C22H26N2O2S. The number of benzene rings is 1. The van der Waals surface area contributed by atoms with Gasteiger partial charge in [0.25, 0.3) is 5.91 Å². The van der Waals surface area contributed by atoms with Crippen LogP contribution in [0.25, 0.3) is 10.1 Å². The lowest BCUT2D eigenvalue weighted by molar-refractivity contribution is -0.00138. The molecule has 5 heteroatoms. The van der Waals surface area contributed by atoms with Gasteiger partial charge in [0.1, 0.15) is 5.75 Å². The number of methoxy groups -OCH3 is 1. The van der Waals surface area contributed by atoms with E-state index in [1.54, 1.807) is 18.4 Å². The Morgan fingerprint density at radius 1 is 1.22 bits per heavy atom. The molecule has 1 atom stereocenters. The Balaban J connectivity index is 1.32. The highest BCUT2D eigenvalue weighted by atomic mass is 32.1. The molecule has 1 spiro atoms. The first-order chi connectivity index (χ1) is 13.2. The molecule has 3 saturated heterocycles. The molecule has 0 radical (unpaired) electrons.